The number of benzene rings is 2. The van der Waals surface area contributed by atoms with E-state index in [0.29, 0.717) is 18.0 Å². The summed E-state index contributed by atoms with van der Waals surface area (Å²) in [6.45, 7) is 6.95. The topological polar surface area (TPSA) is 50.8 Å². The summed E-state index contributed by atoms with van der Waals surface area (Å²) in [5, 5.41) is 3.87. The van der Waals surface area contributed by atoms with E-state index < -0.39 is 0 Å². The molecule has 1 aliphatic heterocycles. The van der Waals surface area contributed by atoms with Gasteiger partial charge >= 0.3 is 0 Å². The van der Waals surface area contributed by atoms with Crippen molar-refractivity contribution >= 4 is 17.5 Å². The Labute approximate surface area is 184 Å². The number of likely N-dealkylation sites (tertiary alicyclic amines) is 1. The van der Waals surface area contributed by atoms with Crippen LogP contribution in [0, 0.1) is 5.92 Å². The average molecular weight is 431 g/mol. The Bertz CT molecular complexity index is 856. The van der Waals surface area contributed by atoms with Gasteiger partial charge in [0.1, 0.15) is 0 Å². The molecule has 2 aromatic rings. The van der Waals surface area contributed by atoms with Crippen molar-refractivity contribution in [3.8, 4) is 11.5 Å². The number of piperidine rings is 1. The molecule has 0 unspecified atom stereocenters. The number of carbonyl (C=O) groups excluding carboxylic acids is 1. The highest BCUT2D eigenvalue weighted by Gasteiger charge is 2.26. The number of hydrogen-bond donors (Lipinski definition) is 1. The van der Waals surface area contributed by atoms with Gasteiger partial charge in [0.15, 0.2) is 11.5 Å². The molecule has 1 heterocycles. The Kier molecular flexibility index (Phi) is 8.00. The molecule has 1 saturated heterocycles. The van der Waals surface area contributed by atoms with Gasteiger partial charge in [0, 0.05) is 24.7 Å². The van der Waals surface area contributed by atoms with Gasteiger partial charge in [0.05, 0.1) is 19.1 Å². The third-order valence-corrected chi connectivity index (χ3v) is 5.65. The number of methoxy groups -OCH3 is 1. The van der Waals surface area contributed by atoms with Gasteiger partial charge < -0.3 is 14.8 Å². The molecule has 5 nitrogen and oxygen atoms in total. The van der Waals surface area contributed by atoms with Crippen molar-refractivity contribution in [1.82, 2.24) is 10.2 Å². The van der Waals surface area contributed by atoms with Crippen molar-refractivity contribution in [1.29, 1.82) is 0 Å². The lowest BCUT2D eigenvalue weighted by Gasteiger charge is -2.32. The summed E-state index contributed by atoms with van der Waals surface area (Å²) in [4.78, 5) is 15.1. The number of nitrogens with one attached hydrogen (secondary N) is 1. The molecule has 1 N–H and O–H groups in total. The van der Waals surface area contributed by atoms with Crippen LogP contribution in [0.5, 0.6) is 11.5 Å². The minimum atomic E-state index is -0.00770. The zero-order valence-corrected chi connectivity index (χ0v) is 18.7. The SMILES string of the molecule is COc1cc(CNC(=O)[C@@H]2CCCN(Cc3ccccc3Cl)C2)ccc1OC(C)C. The van der Waals surface area contributed by atoms with E-state index in [1.54, 1.807) is 7.11 Å². The second kappa shape index (κ2) is 10.7. The van der Waals surface area contributed by atoms with E-state index in [9.17, 15) is 4.79 Å². The lowest BCUT2D eigenvalue weighted by molar-refractivity contribution is -0.126. The maximum absolute atomic E-state index is 12.8. The molecular weight excluding hydrogens is 400 g/mol. The minimum absolute atomic E-state index is 0.00770. The molecule has 0 radical (unpaired) electrons. The van der Waals surface area contributed by atoms with Crippen LogP contribution in [-0.4, -0.2) is 37.1 Å². The van der Waals surface area contributed by atoms with E-state index >= 15 is 0 Å². The fraction of sp³-hybridized carbons (Fsp3) is 0.458. The second-order valence-electron chi connectivity index (χ2n) is 8.04. The first-order valence-electron chi connectivity index (χ1n) is 10.5. The number of halogens is 1. The smallest absolute Gasteiger partial charge is 0.224 e. The molecule has 1 aliphatic rings. The summed E-state index contributed by atoms with van der Waals surface area (Å²) in [5.41, 5.74) is 2.09. The highest BCUT2D eigenvalue weighted by molar-refractivity contribution is 6.31. The van der Waals surface area contributed by atoms with Crippen molar-refractivity contribution in [3.05, 3.63) is 58.6 Å². The average Bonchev–Trinajstić information content (AvgIpc) is 2.74. The van der Waals surface area contributed by atoms with Gasteiger partial charge in [-0.25, -0.2) is 0 Å². The minimum Gasteiger partial charge on any atom is -0.493 e. The Morgan fingerprint density at radius 2 is 2.03 bits per heavy atom. The summed E-state index contributed by atoms with van der Waals surface area (Å²) < 4.78 is 11.2. The summed E-state index contributed by atoms with van der Waals surface area (Å²) >= 11 is 6.30. The number of amides is 1. The van der Waals surface area contributed by atoms with Gasteiger partial charge in [-0.05, 0) is 62.6 Å². The van der Waals surface area contributed by atoms with Crippen LogP contribution < -0.4 is 14.8 Å². The Morgan fingerprint density at radius 1 is 1.23 bits per heavy atom. The summed E-state index contributed by atoms with van der Waals surface area (Å²) in [5.74, 6) is 1.48. The lowest BCUT2D eigenvalue weighted by Crippen LogP contribution is -2.42. The standard InChI is InChI=1S/C24H31ClN2O3/c1-17(2)30-22-11-10-18(13-23(22)29-3)14-26-24(28)20-8-6-12-27(16-20)15-19-7-4-5-9-21(19)25/h4-5,7,9-11,13,17,20H,6,8,12,14-16H2,1-3H3,(H,26,28)/t20-/m1/s1. The van der Waals surface area contributed by atoms with Crippen molar-refractivity contribution in [2.24, 2.45) is 5.92 Å². The van der Waals surface area contributed by atoms with Crippen LogP contribution in [0.25, 0.3) is 0 Å². The van der Waals surface area contributed by atoms with Gasteiger partial charge in [-0.2, -0.15) is 0 Å². The predicted molar refractivity (Wildman–Crippen MR) is 120 cm³/mol. The van der Waals surface area contributed by atoms with E-state index in [2.05, 4.69) is 10.2 Å². The fourth-order valence-electron chi connectivity index (χ4n) is 3.79. The fourth-order valence-corrected chi connectivity index (χ4v) is 3.98. The number of hydrogen-bond acceptors (Lipinski definition) is 4. The van der Waals surface area contributed by atoms with Gasteiger partial charge in [-0.15, -0.1) is 0 Å². The largest absolute Gasteiger partial charge is 0.493 e. The molecule has 0 bridgehead atoms. The van der Waals surface area contributed by atoms with Crippen LogP contribution >= 0.6 is 11.6 Å². The Balaban J connectivity index is 1.55. The first-order chi connectivity index (χ1) is 14.5. The maximum atomic E-state index is 12.8. The molecule has 6 heteroatoms. The van der Waals surface area contributed by atoms with Crippen molar-refractivity contribution in [3.63, 3.8) is 0 Å². The predicted octanol–water partition coefficient (Wildman–Crippen LogP) is 4.66. The van der Waals surface area contributed by atoms with Crippen LogP contribution in [0.15, 0.2) is 42.5 Å². The summed E-state index contributed by atoms with van der Waals surface area (Å²) in [6.07, 6.45) is 2.00. The molecule has 1 fully saturated rings. The van der Waals surface area contributed by atoms with E-state index in [1.807, 2.05) is 56.3 Å². The van der Waals surface area contributed by atoms with Gasteiger partial charge in [0.2, 0.25) is 5.91 Å². The zero-order valence-electron chi connectivity index (χ0n) is 18.0. The molecular formula is C24H31ClN2O3. The van der Waals surface area contributed by atoms with Crippen molar-refractivity contribution in [2.45, 2.75) is 45.9 Å². The van der Waals surface area contributed by atoms with Gasteiger partial charge in [-0.1, -0.05) is 35.9 Å². The maximum Gasteiger partial charge on any atom is 0.224 e. The van der Waals surface area contributed by atoms with Gasteiger partial charge in [0.25, 0.3) is 0 Å². The summed E-state index contributed by atoms with van der Waals surface area (Å²) in [6, 6.07) is 13.7. The molecule has 0 aromatic heterocycles. The highest BCUT2D eigenvalue weighted by atomic mass is 35.5. The van der Waals surface area contributed by atoms with E-state index in [-0.39, 0.29) is 17.9 Å². The molecule has 2 aromatic carbocycles. The summed E-state index contributed by atoms with van der Waals surface area (Å²) in [7, 11) is 1.63. The van der Waals surface area contributed by atoms with E-state index in [4.69, 9.17) is 21.1 Å². The van der Waals surface area contributed by atoms with Crippen molar-refractivity contribution < 1.29 is 14.3 Å². The van der Waals surface area contributed by atoms with E-state index in [0.717, 1.165) is 48.6 Å². The molecule has 0 saturated carbocycles. The molecule has 1 atom stereocenters. The molecule has 162 valence electrons. The van der Waals surface area contributed by atoms with E-state index in [1.165, 1.54) is 0 Å². The lowest BCUT2D eigenvalue weighted by atomic mass is 9.96. The molecule has 1 amide bonds. The number of carbonyl (C=O) groups is 1. The number of ether oxygens (including phenoxy) is 2. The van der Waals surface area contributed by atoms with Gasteiger partial charge in [-0.3, -0.25) is 9.69 Å². The monoisotopic (exact) mass is 430 g/mol. The van der Waals surface area contributed by atoms with Crippen LogP contribution in [0.1, 0.15) is 37.8 Å². The third-order valence-electron chi connectivity index (χ3n) is 5.29. The highest BCUT2D eigenvalue weighted by Crippen LogP contribution is 2.29. The molecule has 0 aliphatic carbocycles. The molecule has 3 rings (SSSR count). The first kappa shape index (κ1) is 22.4. The van der Waals surface area contributed by atoms with Crippen LogP contribution in [0.3, 0.4) is 0 Å². The normalized spacial score (nSPS) is 17.0. The second-order valence-corrected chi connectivity index (χ2v) is 8.44. The number of nitrogens with zero attached hydrogens (tertiary/aromatic N) is 1. The third kappa shape index (κ3) is 6.13. The molecule has 30 heavy (non-hydrogen) atoms. The Morgan fingerprint density at radius 3 is 2.77 bits per heavy atom. The van der Waals surface area contributed by atoms with Crippen LogP contribution in [-0.2, 0) is 17.9 Å². The van der Waals surface area contributed by atoms with Crippen LogP contribution in [0.2, 0.25) is 5.02 Å². The van der Waals surface area contributed by atoms with Crippen LogP contribution in [0.4, 0.5) is 0 Å². The van der Waals surface area contributed by atoms with Crippen molar-refractivity contribution in [2.75, 3.05) is 20.2 Å². The quantitative estimate of drug-likeness (QED) is 0.661. The Hall–Kier alpha value is -2.24. The first-order valence-corrected chi connectivity index (χ1v) is 10.9. The number of rotatable bonds is 8. The molecule has 0 spiro atoms. The zero-order chi connectivity index (χ0) is 21.5.